The molecule has 3 unspecified atom stereocenters. The first-order valence-corrected chi connectivity index (χ1v) is 8.03. The van der Waals surface area contributed by atoms with Crippen LogP contribution in [0.2, 0.25) is 0 Å². The van der Waals surface area contributed by atoms with Crippen LogP contribution in [0.3, 0.4) is 0 Å². The molecular weight excluding hydrogens is 236 g/mol. The molecule has 2 rings (SSSR count). The third-order valence-electron chi connectivity index (χ3n) is 5.56. The molecule has 0 bridgehead atoms. The Bertz CT molecular complexity index is 310. The molecule has 0 aromatic rings. The van der Waals surface area contributed by atoms with Gasteiger partial charge in [0.25, 0.3) is 0 Å². The van der Waals surface area contributed by atoms with Gasteiger partial charge in [-0.15, -0.1) is 0 Å². The van der Waals surface area contributed by atoms with E-state index in [0.29, 0.717) is 17.9 Å². The average molecular weight is 266 g/mol. The summed E-state index contributed by atoms with van der Waals surface area (Å²) in [5.41, 5.74) is 6.13. The van der Waals surface area contributed by atoms with Crippen LogP contribution in [-0.2, 0) is 4.79 Å². The number of hydrogen-bond donors (Lipinski definition) is 1. The van der Waals surface area contributed by atoms with Gasteiger partial charge in [0, 0.05) is 25.0 Å². The van der Waals surface area contributed by atoms with Crippen molar-refractivity contribution in [1.82, 2.24) is 4.90 Å². The summed E-state index contributed by atoms with van der Waals surface area (Å²) >= 11 is 0. The molecule has 2 aliphatic rings. The molecule has 19 heavy (non-hydrogen) atoms. The summed E-state index contributed by atoms with van der Waals surface area (Å²) in [7, 11) is 2.01. The Morgan fingerprint density at radius 1 is 1.05 bits per heavy atom. The molecular formula is C16H30N2O. The van der Waals surface area contributed by atoms with Crippen LogP contribution in [0.4, 0.5) is 0 Å². The highest BCUT2D eigenvalue weighted by atomic mass is 16.2. The fourth-order valence-electron chi connectivity index (χ4n) is 3.82. The zero-order chi connectivity index (χ0) is 14.0. The molecule has 2 saturated carbocycles. The molecule has 3 nitrogen and oxygen atoms in total. The molecule has 2 fully saturated rings. The van der Waals surface area contributed by atoms with Crippen molar-refractivity contribution in [3.8, 4) is 0 Å². The molecule has 110 valence electrons. The average Bonchev–Trinajstić information content (AvgIpc) is 2.41. The second-order valence-electron chi connectivity index (χ2n) is 6.92. The van der Waals surface area contributed by atoms with E-state index in [1.165, 1.54) is 25.7 Å². The Kier molecular flexibility index (Phi) is 4.88. The zero-order valence-corrected chi connectivity index (χ0v) is 12.8. The SMILES string of the molecule is CC1CCC(N(C)C(=O)C2CCCC(N)C2C)CC1. The number of nitrogens with zero attached hydrogens (tertiary/aromatic N) is 1. The van der Waals surface area contributed by atoms with Gasteiger partial charge in [-0.25, -0.2) is 0 Å². The second kappa shape index (κ2) is 6.25. The van der Waals surface area contributed by atoms with Gasteiger partial charge in [0.15, 0.2) is 0 Å². The molecule has 1 amide bonds. The van der Waals surface area contributed by atoms with Gasteiger partial charge in [0.2, 0.25) is 5.91 Å². The Morgan fingerprint density at radius 3 is 2.32 bits per heavy atom. The molecule has 2 N–H and O–H groups in total. The lowest BCUT2D eigenvalue weighted by Gasteiger charge is -2.39. The summed E-state index contributed by atoms with van der Waals surface area (Å²) in [6.45, 7) is 4.48. The lowest BCUT2D eigenvalue weighted by Crippen LogP contribution is -2.48. The summed E-state index contributed by atoms with van der Waals surface area (Å²) < 4.78 is 0. The summed E-state index contributed by atoms with van der Waals surface area (Å²) in [5, 5.41) is 0. The molecule has 0 spiro atoms. The highest BCUT2D eigenvalue weighted by molar-refractivity contribution is 5.79. The summed E-state index contributed by atoms with van der Waals surface area (Å²) in [5.74, 6) is 1.68. The van der Waals surface area contributed by atoms with E-state index in [9.17, 15) is 4.79 Å². The molecule has 0 heterocycles. The maximum absolute atomic E-state index is 12.7. The topological polar surface area (TPSA) is 46.3 Å². The first kappa shape index (κ1) is 14.8. The number of amides is 1. The van der Waals surface area contributed by atoms with Crippen molar-refractivity contribution in [2.24, 2.45) is 23.5 Å². The van der Waals surface area contributed by atoms with Crippen LogP contribution in [-0.4, -0.2) is 29.9 Å². The van der Waals surface area contributed by atoms with E-state index >= 15 is 0 Å². The molecule has 0 saturated heterocycles. The fraction of sp³-hybridized carbons (Fsp3) is 0.938. The van der Waals surface area contributed by atoms with Crippen LogP contribution >= 0.6 is 0 Å². The molecule has 0 aromatic carbocycles. The molecule has 3 heteroatoms. The Balaban J connectivity index is 1.94. The van der Waals surface area contributed by atoms with Crippen molar-refractivity contribution in [3.05, 3.63) is 0 Å². The lowest BCUT2D eigenvalue weighted by atomic mass is 9.76. The first-order chi connectivity index (χ1) is 9.00. The third kappa shape index (κ3) is 3.31. The van der Waals surface area contributed by atoms with E-state index in [4.69, 9.17) is 5.73 Å². The van der Waals surface area contributed by atoms with Gasteiger partial charge in [-0.05, 0) is 50.4 Å². The standard InChI is InChI=1S/C16H30N2O/c1-11-7-9-13(10-8-11)18(3)16(19)14-5-4-6-15(17)12(14)2/h11-15H,4-10,17H2,1-3H3. The smallest absolute Gasteiger partial charge is 0.225 e. The van der Waals surface area contributed by atoms with Crippen molar-refractivity contribution >= 4 is 5.91 Å². The molecule has 0 aromatic heterocycles. The van der Waals surface area contributed by atoms with Crippen LogP contribution in [0.5, 0.6) is 0 Å². The number of carbonyl (C=O) groups is 1. The number of nitrogens with two attached hydrogens (primary N) is 1. The minimum Gasteiger partial charge on any atom is -0.343 e. The highest BCUT2D eigenvalue weighted by Gasteiger charge is 2.36. The maximum atomic E-state index is 12.7. The van der Waals surface area contributed by atoms with Crippen molar-refractivity contribution in [1.29, 1.82) is 0 Å². The van der Waals surface area contributed by atoms with Crippen LogP contribution in [0.1, 0.15) is 58.8 Å². The quantitative estimate of drug-likeness (QED) is 0.835. The fourth-order valence-corrected chi connectivity index (χ4v) is 3.82. The molecule has 0 aliphatic heterocycles. The van der Waals surface area contributed by atoms with E-state index in [1.807, 2.05) is 11.9 Å². The van der Waals surface area contributed by atoms with Gasteiger partial charge in [0.1, 0.15) is 0 Å². The van der Waals surface area contributed by atoms with Crippen molar-refractivity contribution in [3.63, 3.8) is 0 Å². The van der Waals surface area contributed by atoms with Gasteiger partial charge < -0.3 is 10.6 Å². The number of hydrogen-bond acceptors (Lipinski definition) is 2. The van der Waals surface area contributed by atoms with Crippen molar-refractivity contribution in [2.75, 3.05) is 7.05 Å². The Labute approximate surface area is 117 Å². The summed E-state index contributed by atoms with van der Waals surface area (Å²) in [6.07, 6.45) is 8.10. The van der Waals surface area contributed by atoms with E-state index in [-0.39, 0.29) is 12.0 Å². The monoisotopic (exact) mass is 266 g/mol. The Morgan fingerprint density at radius 2 is 1.68 bits per heavy atom. The van der Waals surface area contributed by atoms with Crippen LogP contribution < -0.4 is 5.73 Å². The second-order valence-corrected chi connectivity index (χ2v) is 6.92. The lowest BCUT2D eigenvalue weighted by molar-refractivity contribution is -0.140. The Hall–Kier alpha value is -0.570. The van der Waals surface area contributed by atoms with E-state index < -0.39 is 0 Å². The first-order valence-electron chi connectivity index (χ1n) is 8.03. The van der Waals surface area contributed by atoms with Gasteiger partial charge in [-0.1, -0.05) is 20.3 Å². The van der Waals surface area contributed by atoms with E-state index in [1.54, 1.807) is 0 Å². The van der Waals surface area contributed by atoms with Crippen LogP contribution in [0.15, 0.2) is 0 Å². The summed E-state index contributed by atoms with van der Waals surface area (Å²) in [4.78, 5) is 14.8. The van der Waals surface area contributed by atoms with Gasteiger partial charge >= 0.3 is 0 Å². The normalized spacial score (nSPS) is 39.9. The highest BCUT2D eigenvalue weighted by Crippen LogP contribution is 2.33. The summed E-state index contributed by atoms with van der Waals surface area (Å²) in [6, 6.07) is 0.677. The molecule has 0 radical (unpaired) electrons. The number of carbonyl (C=O) groups excluding carboxylic acids is 1. The van der Waals surface area contributed by atoms with Crippen LogP contribution in [0.25, 0.3) is 0 Å². The van der Waals surface area contributed by atoms with Crippen molar-refractivity contribution in [2.45, 2.75) is 70.9 Å². The molecule has 2 aliphatic carbocycles. The van der Waals surface area contributed by atoms with Gasteiger partial charge in [0.05, 0.1) is 0 Å². The van der Waals surface area contributed by atoms with Gasteiger partial charge in [-0.2, -0.15) is 0 Å². The maximum Gasteiger partial charge on any atom is 0.225 e. The van der Waals surface area contributed by atoms with Crippen LogP contribution in [0, 0.1) is 17.8 Å². The minimum absolute atomic E-state index is 0.160. The zero-order valence-electron chi connectivity index (χ0n) is 12.8. The van der Waals surface area contributed by atoms with Crippen molar-refractivity contribution < 1.29 is 4.79 Å². The van der Waals surface area contributed by atoms with E-state index in [2.05, 4.69) is 13.8 Å². The van der Waals surface area contributed by atoms with E-state index in [0.717, 1.165) is 25.2 Å². The minimum atomic E-state index is 0.160. The largest absolute Gasteiger partial charge is 0.343 e. The third-order valence-corrected chi connectivity index (χ3v) is 5.56. The predicted molar refractivity (Wildman–Crippen MR) is 78.7 cm³/mol. The predicted octanol–water partition coefficient (Wildman–Crippen LogP) is 2.79. The van der Waals surface area contributed by atoms with Gasteiger partial charge in [-0.3, -0.25) is 4.79 Å². The molecule has 3 atom stereocenters. The number of rotatable bonds is 2.